The highest BCUT2D eigenvalue weighted by Crippen LogP contribution is 2.47. The first-order valence-corrected chi connectivity index (χ1v) is 11.2. The molecule has 31 heavy (non-hydrogen) atoms. The Morgan fingerprint density at radius 3 is 2.26 bits per heavy atom. The van der Waals surface area contributed by atoms with E-state index < -0.39 is 11.9 Å². The summed E-state index contributed by atoms with van der Waals surface area (Å²) in [5.74, 6) is -0.0781. The summed E-state index contributed by atoms with van der Waals surface area (Å²) in [5, 5.41) is 18.3. The summed E-state index contributed by atoms with van der Waals surface area (Å²) in [7, 11) is 0. The second kappa shape index (κ2) is 11.8. The van der Waals surface area contributed by atoms with Crippen molar-refractivity contribution < 1.29 is 19.8 Å². The zero-order valence-electron chi connectivity index (χ0n) is 18.8. The lowest BCUT2D eigenvalue weighted by atomic mass is 9.65. The van der Waals surface area contributed by atoms with Crippen LogP contribution in [0.3, 0.4) is 0 Å². The summed E-state index contributed by atoms with van der Waals surface area (Å²) in [4.78, 5) is 29.7. The number of rotatable bonds is 1. The number of hydrogen-bond acceptors (Lipinski definition) is 7. The van der Waals surface area contributed by atoms with E-state index in [-0.39, 0.29) is 0 Å². The van der Waals surface area contributed by atoms with Gasteiger partial charge in [-0.2, -0.15) is 4.98 Å². The molecule has 174 valence electrons. The van der Waals surface area contributed by atoms with Crippen LogP contribution in [0, 0.1) is 5.41 Å². The molecular formula is C22H37N5O4. The van der Waals surface area contributed by atoms with E-state index in [9.17, 15) is 0 Å². The topological polar surface area (TPSA) is 142 Å². The molecule has 1 saturated carbocycles. The van der Waals surface area contributed by atoms with Crippen LogP contribution in [-0.2, 0) is 22.4 Å². The maximum absolute atomic E-state index is 9.00. The molecule has 0 amide bonds. The van der Waals surface area contributed by atoms with Gasteiger partial charge in [-0.25, -0.2) is 4.98 Å². The summed E-state index contributed by atoms with van der Waals surface area (Å²) >= 11 is 0. The summed E-state index contributed by atoms with van der Waals surface area (Å²) in [6.07, 6.45) is 11.7. The molecule has 2 aliphatic carbocycles. The molecule has 1 saturated heterocycles. The van der Waals surface area contributed by atoms with Crippen LogP contribution in [-0.4, -0.2) is 58.3 Å². The first kappa shape index (κ1) is 24.8. The number of fused-ring (bicyclic) bond motifs is 1. The van der Waals surface area contributed by atoms with Gasteiger partial charge in [-0.3, -0.25) is 9.59 Å². The average molecular weight is 436 g/mol. The highest BCUT2D eigenvalue weighted by atomic mass is 16.4. The second-order valence-electron chi connectivity index (χ2n) is 8.70. The van der Waals surface area contributed by atoms with Gasteiger partial charge in [-0.1, -0.05) is 19.3 Å². The van der Waals surface area contributed by atoms with Gasteiger partial charge in [0.1, 0.15) is 5.82 Å². The van der Waals surface area contributed by atoms with Gasteiger partial charge >= 0.3 is 0 Å². The van der Waals surface area contributed by atoms with Gasteiger partial charge in [-0.15, -0.1) is 0 Å². The van der Waals surface area contributed by atoms with Crippen molar-refractivity contribution in [2.24, 2.45) is 5.41 Å². The van der Waals surface area contributed by atoms with Crippen LogP contribution in [0.2, 0.25) is 0 Å². The van der Waals surface area contributed by atoms with Crippen molar-refractivity contribution in [1.29, 1.82) is 0 Å². The predicted octanol–water partition coefficient (Wildman–Crippen LogP) is 2.48. The molecule has 3 aliphatic rings. The molecule has 1 aromatic rings. The number of carboxylic acids is 2. The third-order valence-corrected chi connectivity index (χ3v) is 6.09. The fraction of sp³-hybridized carbons (Fsp3) is 0.727. The van der Waals surface area contributed by atoms with Crippen molar-refractivity contribution in [3.8, 4) is 0 Å². The van der Waals surface area contributed by atoms with E-state index in [1.165, 1.54) is 56.2 Å². The smallest absolute Gasteiger partial charge is 0.300 e. The Morgan fingerprint density at radius 2 is 1.61 bits per heavy atom. The number of nitrogens with two attached hydrogens (primary N) is 1. The molecule has 1 aromatic heterocycles. The summed E-state index contributed by atoms with van der Waals surface area (Å²) in [6, 6.07) is 0. The molecule has 4 rings (SSSR count). The van der Waals surface area contributed by atoms with Crippen LogP contribution in [0.1, 0.15) is 70.1 Å². The molecule has 9 heteroatoms. The van der Waals surface area contributed by atoms with E-state index in [4.69, 9.17) is 25.5 Å². The monoisotopic (exact) mass is 435 g/mol. The van der Waals surface area contributed by atoms with Crippen molar-refractivity contribution in [3.63, 3.8) is 0 Å². The minimum absolute atomic E-state index is 0.462. The van der Waals surface area contributed by atoms with E-state index in [0.29, 0.717) is 11.4 Å². The molecule has 0 aromatic carbocycles. The zero-order valence-corrected chi connectivity index (χ0v) is 18.8. The Hall–Kier alpha value is -2.42. The van der Waals surface area contributed by atoms with Gasteiger partial charge < -0.3 is 26.2 Å². The third kappa shape index (κ3) is 7.97. The van der Waals surface area contributed by atoms with Crippen LogP contribution in [0.4, 0.5) is 11.8 Å². The Balaban J connectivity index is 0.000000370. The molecular weight excluding hydrogens is 398 g/mol. The molecule has 5 N–H and O–H groups in total. The minimum atomic E-state index is -0.833. The normalized spacial score (nSPS) is 19.6. The second-order valence-corrected chi connectivity index (χ2v) is 8.70. The lowest BCUT2D eigenvalue weighted by molar-refractivity contribution is -0.135. The number of aromatic nitrogens is 2. The van der Waals surface area contributed by atoms with Crippen LogP contribution >= 0.6 is 0 Å². The highest BCUT2D eigenvalue weighted by Gasteiger charge is 2.38. The fourth-order valence-electron chi connectivity index (χ4n) is 4.82. The Morgan fingerprint density at radius 1 is 0.968 bits per heavy atom. The summed E-state index contributed by atoms with van der Waals surface area (Å²) in [5.41, 5.74) is 9.22. The summed E-state index contributed by atoms with van der Waals surface area (Å²) < 4.78 is 0. The maximum Gasteiger partial charge on any atom is 0.300 e. The number of nitrogens with zero attached hydrogens (tertiary/aromatic N) is 3. The molecule has 0 atom stereocenters. The van der Waals surface area contributed by atoms with Crippen LogP contribution < -0.4 is 16.0 Å². The number of nitrogen functional groups attached to an aromatic ring is 1. The van der Waals surface area contributed by atoms with E-state index in [1.54, 1.807) is 0 Å². The number of nitrogens with one attached hydrogen (secondary N) is 1. The van der Waals surface area contributed by atoms with E-state index in [1.807, 2.05) is 0 Å². The average Bonchev–Trinajstić information content (AvgIpc) is 2.96. The Bertz CT molecular complexity index is 722. The zero-order chi connectivity index (χ0) is 22.9. The molecule has 1 spiro atoms. The van der Waals surface area contributed by atoms with Crippen LogP contribution in [0.25, 0.3) is 0 Å². The predicted molar refractivity (Wildman–Crippen MR) is 120 cm³/mol. The van der Waals surface area contributed by atoms with Gasteiger partial charge in [0, 0.05) is 39.0 Å². The van der Waals surface area contributed by atoms with Crippen molar-refractivity contribution in [2.75, 3.05) is 36.8 Å². The minimum Gasteiger partial charge on any atom is -0.481 e. The van der Waals surface area contributed by atoms with Crippen LogP contribution in [0.5, 0.6) is 0 Å². The van der Waals surface area contributed by atoms with Gasteiger partial charge in [-0.05, 0) is 50.5 Å². The Labute approximate surface area is 184 Å². The molecule has 1 aliphatic heterocycles. The van der Waals surface area contributed by atoms with Crippen molar-refractivity contribution >= 4 is 23.7 Å². The molecule has 0 radical (unpaired) electrons. The van der Waals surface area contributed by atoms with E-state index in [2.05, 4.69) is 20.2 Å². The maximum atomic E-state index is 9.00. The first-order valence-electron chi connectivity index (χ1n) is 11.2. The van der Waals surface area contributed by atoms with E-state index >= 15 is 0 Å². The molecule has 0 unspecified atom stereocenters. The van der Waals surface area contributed by atoms with Crippen molar-refractivity contribution in [1.82, 2.24) is 15.3 Å². The number of hydrogen-bond donors (Lipinski definition) is 4. The fourth-order valence-corrected chi connectivity index (χ4v) is 4.82. The third-order valence-electron chi connectivity index (χ3n) is 6.09. The van der Waals surface area contributed by atoms with E-state index in [0.717, 1.165) is 58.7 Å². The summed E-state index contributed by atoms with van der Waals surface area (Å²) in [6.45, 7) is 6.39. The molecule has 0 bridgehead atoms. The standard InChI is InChI=1S/C18H29N5.2C2H4O2/c19-17-21-15-13-18(6-2-1-3-7-18)8-5-14(15)16(22-17)23-11-4-9-20-10-12-23;2*1-2(3)4/h20H,1-13H2,(H2,19,21,22);2*1H3,(H,3,4). The SMILES string of the molecule is CC(=O)O.CC(=O)O.Nc1nc2c(c(N3CCCNCC3)n1)CCC1(CCCCC1)C2. The van der Waals surface area contributed by atoms with Gasteiger partial charge in [0.2, 0.25) is 5.95 Å². The van der Waals surface area contributed by atoms with Gasteiger partial charge in [0.15, 0.2) is 0 Å². The highest BCUT2D eigenvalue weighted by molar-refractivity contribution is 5.63. The largest absolute Gasteiger partial charge is 0.481 e. The molecule has 2 fully saturated rings. The number of anilines is 2. The number of carboxylic acid groups (broad SMARTS) is 2. The Kier molecular flexibility index (Phi) is 9.48. The van der Waals surface area contributed by atoms with Gasteiger partial charge in [0.05, 0.1) is 5.69 Å². The first-order chi connectivity index (χ1) is 14.7. The quantitative estimate of drug-likeness (QED) is 0.523. The van der Waals surface area contributed by atoms with Gasteiger partial charge in [0.25, 0.3) is 11.9 Å². The van der Waals surface area contributed by atoms with Crippen molar-refractivity contribution in [2.45, 2.75) is 71.6 Å². The number of aliphatic carboxylic acids is 2. The lowest BCUT2D eigenvalue weighted by Crippen LogP contribution is -2.35. The van der Waals surface area contributed by atoms with Crippen molar-refractivity contribution in [3.05, 3.63) is 11.3 Å². The van der Waals surface area contributed by atoms with Crippen LogP contribution in [0.15, 0.2) is 0 Å². The molecule has 9 nitrogen and oxygen atoms in total. The molecule has 2 heterocycles. The number of carbonyl (C=O) groups is 2. The lowest BCUT2D eigenvalue weighted by Gasteiger charge is -2.41.